The molecule has 0 amide bonds. The molecule has 0 aliphatic carbocycles. The van der Waals surface area contributed by atoms with Gasteiger partial charge in [0.15, 0.2) is 0 Å². The van der Waals surface area contributed by atoms with Crippen molar-refractivity contribution in [1.82, 2.24) is 4.90 Å². The largest absolute Gasteiger partial charge is 0.478 e. The third-order valence-electron chi connectivity index (χ3n) is 1.42. The molecule has 6 nitrogen and oxygen atoms in total. The van der Waals surface area contributed by atoms with Crippen molar-refractivity contribution in [2.45, 2.75) is 0 Å². The normalized spacial score (nSPS) is 9.33. The Morgan fingerprint density at radius 3 is 1.47 bits per heavy atom. The number of carbonyl (C=O) groups is 1. The van der Waals surface area contributed by atoms with E-state index >= 15 is 0 Å². The lowest BCUT2D eigenvalue weighted by Gasteiger charge is -2.17. The summed E-state index contributed by atoms with van der Waals surface area (Å²) in [4.78, 5) is 11.0. The maximum Gasteiger partial charge on any atom is 0.327 e. The SMILES string of the molecule is C=CC(=O)O.OCCN(CCO)CCO. The molecule has 6 heteroatoms. The second-order valence-corrected chi connectivity index (χ2v) is 2.55. The zero-order valence-electron chi connectivity index (χ0n) is 8.67. The first-order chi connectivity index (χ1) is 7.12. The van der Waals surface area contributed by atoms with Gasteiger partial charge in [-0.2, -0.15) is 0 Å². The van der Waals surface area contributed by atoms with Crippen LogP contribution in [0, 0.1) is 0 Å². The maximum atomic E-state index is 9.25. The molecule has 0 atom stereocenters. The molecule has 0 spiro atoms. The Hall–Kier alpha value is -0.950. The minimum atomic E-state index is -0.981. The van der Waals surface area contributed by atoms with E-state index in [1.807, 2.05) is 0 Å². The molecular weight excluding hydrogens is 202 g/mol. The van der Waals surface area contributed by atoms with Crippen LogP contribution in [0.5, 0.6) is 0 Å². The molecule has 0 unspecified atom stereocenters. The molecule has 4 N–H and O–H groups in total. The van der Waals surface area contributed by atoms with Crippen molar-refractivity contribution >= 4 is 5.97 Å². The van der Waals surface area contributed by atoms with Gasteiger partial charge in [-0.15, -0.1) is 0 Å². The number of aliphatic hydroxyl groups is 3. The van der Waals surface area contributed by atoms with Gasteiger partial charge in [0, 0.05) is 25.7 Å². The summed E-state index contributed by atoms with van der Waals surface area (Å²) in [5.74, 6) is -0.981. The lowest BCUT2D eigenvalue weighted by atomic mass is 10.4. The molecule has 0 saturated carbocycles. The van der Waals surface area contributed by atoms with Gasteiger partial charge < -0.3 is 20.4 Å². The number of nitrogens with zero attached hydrogens (tertiary/aromatic N) is 1. The fourth-order valence-corrected chi connectivity index (χ4v) is 0.760. The van der Waals surface area contributed by atoms with Gasteiger partial charge in [0.25, 0.3) is 0 Å². The van der Waals surface area contributed by atoms with Crippen molar-refractivity contribution in [1.29, 1.82) is 0 Å². The summed E-state index contributed by atoms with van der Waals surface area (Å²) < 4.78 is 0. The van der Waals surface area contributed by atoms with Crippen LogP contribution in [0.25, 0.3) is 0 Å². The Morgan fingerprint density at radius 1 is 1.07 bits per heavy atom. The van der Waals surface area contributed by atoms with E-state index in [4.69, 9.17) is 20.4 Å². The van der Waals surface area contributed by atoms with E-state index in [2.05, 4.69) is 6.58 Å². The monoisotopic (exact) mass is 221 g/mol. The molecule has 0 radical (unpaired) electrons. The van der Waals surface area contributed by atoms with Crippen LogP contribution in [0.1, 0.15) is 0 Å². The van der Waals surface area contributed by atoms with Crippen LogP contribution in [0.15, 0.2) is 12.7 Å². The van der Waals surface area contributed by atoms with E-state index in [1.54, 1.807) is 4.90 Å². The summed E-state index contributed by atoms with van der Waals surface area (Å²) in [6.07, 6.45) is 0.833. The summed E-state index contributed by atoms with van der Waals surface area (Å²) in [6.45, 7) is 4.71. The molecule has 0 aromatic rings. The van der Waals surface area contributed by atoms with Gasteiger partial charge in [-0.05, 0) is 0 Å². The van der Waals surface area contributed by atoms with Crippen molar-refractivity contribution in [2.75, 3.05) is 39.5 Å². The third-order valence-corrected chi connectivity index (χ3v) is 1.42. The van der Waals surface area contributed by atoms with Gasteiger partial charge in [-0.3, -0.25) is 4.90 Å². The van der Waals surface area contributed by atoms with E-state index < -0.39 is 5.97 Å². The molecule has 90 valence electrons. The summed E-state index contributed by atoms with van der Waals surface area (Å²) in [5, 5.41) is 33.1. The highest BCUT2D eigenvalue weighted by molar-refractivity contribution is 5.78. The molecule has 15 heavy (non-hydrogen) atoms. The zero-order valence-corrected chi connectivity index (χ0v) is 8.67. The molecule has 0 fully saturated rings. The summed E-state index contributed by atoms with van der Waals surface area (Å²) >= 11 is 0. The van der Waals surface area contributed by atoms with Crippen molar-refractivity contribution in [3.63, 3.8) is 0 Å². The minimum Gasteiger partial charge on any atom is -0.478 e. The van der Waals surface area contributed by atoms with E-state index in [0.29, 0.717) is 19.6 Å². The smallest absolute Gasteiger partial charge is 0.327 e. The molecule has 0 aromatic carbocycles. The lowest BCUT2D eigenvalue weighted by molar-refractivity contribution is -0.131. The first kappa shape index (κ1) is 16.5. The summed E-state index contributed by atoms with van der Waals surface area (Å²) in [6, 6.07) is 0. The fourth-order valence-electron chi connectivity index (χ4n) is 0.760. The summed E-state index contributed by atoms with van der Waals surface area (Å²) in [7, 11) is 0. The van der Waals surface area contributed by atoms with Crippen LogP contribution in [-0.4, -0.2) is 70.8 Å². The van der Waals surface area contributed by atoms with E-state index in [1.165, 1.54) is 0 Å². The highest BCUT2D eigenvalue weighted by Gasteiger charge is 2.00. The molecule has 0 aliphatic rings. The predicted molar refractivity (Wildman–Crippen MR) is 55.5 cm³/mol. The Bertz CT molecular complexity index is 148. The van der Waals surface area contributed by atoms with Gasteiger partial charge in [-0.25, -0.2) is 4.79 Å². The third kappa shape index (κ3) is 15.8. The van der Waals surface area contributed by atoms with E-state index in [0.717, 1.165) is 6.08 Å². The van der Waals surface area contributed by atoms with Crippen LogP contribution in [0.4, 0.5) is 0 Å². The number of hydrogen-bond acceptors (Lipinski definition) is 5. The van der Waals surface area contributed by atoms with E-state index in [9.17, 15) is 4.79 Å². The average Bonchev–Trinajstić information content (AvgIpc) is 2.20. The average molecular weight is 221 g/mol. The van der Waals surface area contributed by atoms with Crippen LogP contribution in [0.3, 0.4) is 0 Å². The van der Waals surface area contributed by atoms with Gasteiger partial charge in [0.1, 0.15) is 0 Å². The Labute approximate surface area is 89.1 Å². The van der Waals surface area contributed by atoms with Crippen LogP contribution >= 0.6 is 0 Å². The molecule has 0 aromatic heterocycles. The quantitative estimate of drug-likeness (QED) is 0.391. The van der Waals surface area contributed by atoms with Crippen LogP contribution in [-0.2, 0) is 4.79 Å². The van der Waals surface area contributed by atoms with Crippen molar-refractivity contribution in [2.24, 2.45) is 0 Å². The predicted octanol–water partition coefficient (Wildman–Crippen LogP) is -1.48. The minimum absolute atomic E-state index is 0.0694. The van der Waals surface area contributed by atoms with Crippen molar-refractivity contribution < 1.29 is 25.2 Å². The number of carboxylic acid groups (broad SMARTS) is 1. The molecule has 0 rings (SSSR count). The van der Waals surface area contributed by atoms with Gasteiger partial charge in [0.2, 0.25) is 0 Å². The van der Waals surface area contributed by atoms with Gasteiger partial charge in [0.05, 0.1) is 19.8 Å². The second kappa shape index (κ2) is 13.1. The highest BCUT2D eigenvalue weighted by atomic mass is 16.4. The second-order valence-electron chi connectivity index (χ2n) is 2.55. The topological polar surface area (TPSA) is 101 Å². The first-order valence-corrected chi connectivity index (χ1v) is 4.52. The fraction of sp³-hybridized carbons (Fsp3) is 0.667. The number of rotatable bonds is 7. The molecule has 0 heterocycles. The number of aliphatic carboxylic acids is 1. The van der Waals surface area contributed by atoms with Crippen molar-refractivity contribution in [3.8, 4) is 0 Å². The van der Waals surface area contributed by atoms with Gasteiger partial charge >= 0.3 is 5.97 Å². The molecular formula is C9H19NO5. The Morgan fingerprint density at radius 2 is 1.33 bits per heavy atom. The molecule has 0 aliphatic heterocycles. The maximum absolute atomic E-state index is 9.25. The van der Waals surface area contributed by atoms with Crippen molar-refractivity contribution in [3.05, 3.63) is 12.7 Å². The zero-order chi connectivity index (χ0) is 12.1. The first-order valence-electron chi connectivity index (χ1n) is 4.52. The molecule has 0 saturated heterocycles. The number of aliphatic hydroxyl groups excluding tert-OH is 3. The van der Waals surface area contributed by atoms with Gasteiger partial charge in [-0.1, -0.05) is 6.58 Å². The Balaban J connectivity index is 0. The highest BCUT2D eigenvalue weighted by Crippen LogP contribution is 1.84. The van der Waals surface area contributed by atoms with Crippen LogP contribution in [0.2, 0.25) is 0 Å². The summed E-state index contributed by atoms with van der Waals surface area (Å²) in [5.41, 5.74) is 0. The molecule has 0 bridgehead atoms. The number of hydrogen-bond donors (Lipinski definition) is 4. The lowest BCUT2D eigenvalue weighted by Crippen LogP contribution is -2.32. The standard InChI is InChI=1S/C6H15NO3.C3H4O2/c8-4-1-7(2-5-9)3-6-10;1-2-3(4)5/h8-10H,1-6H2;2H,1H2,(H,4,5). The number of carboxylic acids is 1. The Kier molecular flexibility index (Phi) is 14.3. The van der Waals surface area contributed by atoms with E-state index in [-0.39, 0.29) is 19.8 Å². The van der Waals surface area contributed by atoms with Crippen LogP contribution < -0.4 is 0 Å².